The standard InChI is InChI=1S/C14H26N4O/c1-11(2)14(3,10-15)17-13(19)9-18-6-5-12(8-18)7-16-4/h11-12,16H,5-9H2,1-4H3,(H,17,19). The topological polar surface area (TPSA) is 68.2 Å². The van der Waals surface area contributed by atoms with Crippen LogP contribution in [-0.4, -0.2) is 49.6 Å². The Labute approximate surface area is 116 Å². The predicted octanol–water partition coefficient (Wildman–Crippen LogP) is 0.582. The third-order valence-corrected chi connectivity index (χ3v) is 4.02. The molecular formula is C14H26N4O. The monoisotopic (exact) mass is 266 g/mol. The van der Waals surface area contributed by atoms with Crippen LogP contribution >= 0.6 is 0 Å². The largest absolute Gasteiger partial charge is 0.337 e. The number of likely N-dealkylation sites (tertiary alicyclic amines) is 1. The van der Waals surface area contributed by atoms with Gasteiger partial charge in [-0.15, -0.1) is 0 Å². The number of rotatable bonds is 6. The molecule has 0 aromatic carbocycles. The quantitative estimate of drug-likeness (QED) is 0.738. The van der Waals surface area contributed by atoms with Crippen LogP contribution in [0.3, 0.4) is 0 Å². The van der Waals surface area contributed by atoms with Gasteiger partial charge in [0.1, 0.15) is 5.54 Å². The molecule has 1 aliphatic rings. The van der Waals surface area contributed by atoms with Crippen LogP contribution in [0.4, 0.5) is 0 Å². The summed E-state index contributed by atoms with van der Waals surface area (Å²) in [7, 11) is 1.95. The van der Waals surface area contributed by atoms with Crippen LogP contribution in [-0.2, 0) is 4.79 Å². The molecule has 0 aliphatic carbocycles. The van der Waals surface area contributed by atoms with E-state index in [0.717, 1.165) is 26.1 Å². The number of carbonyl (C=O) groups excluding carboxylic acids is 1. The third-order valence-electron chi connectivity index (χ3n) is 4.02. The summed E-state index contributed by atoms with van der Waals surface area (Å²) in [5.74, 6) is 0.671. The fraction of sp³-hybridized carbons (Fsp3) is 0.857. The van der Waals surface area contributed by atoms with Crippen LogP contribution in [0, 0.1) is 23.2 Å². The molecule has 0 aromatic rings. The molecular weight excluding hydrogens is 240 g/mol. The zero-order valence-electron chi connectivity index (χ0n) is 12.5. The van der Waals surface area contributed by atoms with Gasteiger partial charge in [0, 0.05) is 6.54 Å². The van der Waals surface area contributed by atoms with Crippen molar-refractivity contribution in [2.24, 2.45) is 11.8 Å². The van der Waals surface area contributed by atoms with E-state index in [1.165, 1.54) is 0 Å². The molecule has 1 saturated heterocycles. The number of nitrogens with one attached hydrogen (secondary N) is 2. The third kappa shape index (κ3) is 4.48. The van der Waals surface area contributed by atoms with Gasteiger partial charge in [-0.2, -0.15) is 5.26 Å². The van der Waals surface area contributed by atoms with Crippen molar-refractivity contribution >= 4 is 5.91 Å². The lowest BCUT2D eigenvalue weighted by molar-refractivity contribution is -0.123. The molecule has 0 aromatic heterocycles. The summed E-state index contributed by atoms with van der Waals surface area (Å²) in [5, 5.41) is 15.2. The van der Waals surface area contributed by atoms with Crippen molar-refractivity contribution in [3.8, 4) is 6.07 Å². The Morgan fingerprint density at radius 3 is 2.79 bits per heavy atom. The first-order chi connectivity index (χ1) is 8.91. The first-order valence-corrected chi connectivity index (χ1v) is 7.00. The average Bonchev–Trinajstić information content (AvgIpc) is 2.76. The average molecular weight is 266 g/mol. The van der Waals surface area contributed by atoms with Crippen molar-refractivity contribution in [1.29, 1.82) is 5.26 Å². The smallest absolute Gasteiger partial charge is 0.235 e. The van der Waals surface area contributed by atoms with Crippen LogP contribution < -0.4 is 10.6 Å². The second kappa shape index (κ2) is 6.88. The highest BCUT2D eigenvalue weighted by atomic mass is 16.2. The highest BCUT2D eigenvalue weighted by Gasteiger charge is 2.31. The van der Waals surface area contributed by atoms with E-state index >= 15 is 0 Å². The first kappa shape index (κ1) is 15.9. The van der Waals surface area contributed by atoms with Crippen LogP contribution in [0.25, 0.3) is 0 Å². The minimum Gasteiger partial charge on any atom is -0.337 e. The van der Waals surface area contributed by atoms with Gasteiger partial charge in [0.25, 0.3) is 0 Å². The number of hydrogen-bond donors (Lipinski definition) is 2. The number of nitrogens with zero attached hydrogens (tertiary/aromatic N) is 2. The molecule has 0 spiro atoms. The molecule has 2 atom stereocenters. The molecule has 0 bridgehead atoms. The second-order valence-corrected chi connectivity index (χ2v) is 5.96. The van der Waals surface area contributed by atoms with E-state index in [1.54, 1.807) is 6.92 Å². The number of amides is 1. The summed E-state index contributed by atoms with van der Waals surface area (Å²) in [5.41, 5.74) is -0.777. The van der Waals surface area contributed by atoms with E-state index in [-0.39, 0.29) is 11.8 Å². The molecule has 1 aliphatic heterocycles. The van der Waals surface area contributed by atoms with Gasteiger partial charge in [0.2, 0.25) is 5.91 Å². The van der Waals surface area contributed by atoms with Gasteiger partial charge in [-0.1, -0.05) is 13.8 Å². The van der Waals surface area contributed by atoms with Crippen LogP contribution in [0.2, 0.25) is 0 Å². The second-order valence-electron chi connectivity index (χ2n) is 5.96. The zero-order chi connectivity index (χ0) is 14.5. The molecule has 5 heteroatoms. The van der Waals surface area contributed by atoms with E-state index in [0.29, 0.717) is 12.5 Å². The number of nitriles is 1. The normalized spacial score (nSPS) is 23.1. The van der Waals surface area contributed by atoms with Gasteiger partial charge in [0.15, 0.2) is 0 Å². The minimum absolute atomic E-state index is 0.0529. The fourth-order valence-electron chi connectivity index (χ4n) is 2.35. The molecule has 2 N–H and O–H groups in total. The molecule has 1 amide bonds. The van der Waals surface area contributed by atoms with E-state index in [2.05, 4.69) is 21.6 Å². The SMILES string of the molecule is CNCC1CCN(CC(=O)NC(C)(C#N)C(C)C)C1. The first-order valence-electron chi connectivity index (χ1n) is 7.00. The Kier molecular flexibility index (Phi) is 5.77. The molecule has 2 unspecified atom stereocenters. The predicted molar refractivity (Wildman–Crippen MR) is 75.5 cm³/mol. The molecule has 0 saturated carbocycles. The highest BCUT2D eigenvalue weighted by Crippen LogP contribution is 2.17. The van der Waals surface area contributed by atoms with Crippen molar-refractivity contribution < 1.29 is 4.79 Å². The maximum absolute atomic E-state index is 12.0. The van der Waals surface area contributed by atoms with Crippen LogP contribution in [0.1, 0.15) is 27.2 Å². The highest BCUT2D eigenvalue weighted by molar-refractivity contribution is 5.79. The minimum atomic E-state index is -0.777. The lowest BCUT2D eigenvalue weighted by Crippen LogP contribution is -2.51. The van der Waals surface area contributed by atoms with Gasteiger partial charge in [-0.25, -0.2) is 0 Å². The Morgan fingerprint density at radius 1 is 1.58 bits per heavy atom. The fourth-order valence-corrected chi connectivity index (χ4v) is 2.35. The number of hydrogen-bond acceptors (Lipinski definition) is 4. The van der Waals surface area contributed by atoms with Crippen molar-refractivity contribution in [3.05, 3.63) is 0 Å². The summed E-state index contributed by atoms with van der Waals surface area (Å²) in [6, 6.07) is 2.20. The molecule has 5 nitrogen and oxygen atoms in total. The van der Waals surface area contributed by atoms with E-state index in [1.807, 2.05) is 20.9 Å². The molecule has 108 valence electrons. The van der Waals surface area contributed by atoms with Crippen molar-refractivity contribution in [2.45, 2.75) is 32.7 Å². The van der Waals surface area contributed by atoms with E-state index < -0.39 is 5.54 Å². The summed E-state index contributed by atoms with van der Waals surface area (Å²) >= 11 is 0. The summed E-state index contributed by atoms with van der Waals surface area (Å²) in [4.78, 5) is 14.2. The van der Waals surface area contributed by atoms with Crippen molar-refractivity contribution in [3.63, 3.8) is 0 Å². The lowest BCUT2D eigenvalue weighted by Gasteiger charge is -2.28. The summed E-state index contributed by atoms with van der Waals surface area (Å²) < 4.78 is 0. The summed E-state index contributed by atoms with van der Waals surface area (Å²) in [6.45, 7) is 8.99. The van der Waals surface area contributed by atoms with Gasteiger partial charge in [-0.05, 0) is 45.3 Å². The molecule has 0 radical (unpaired) electrons. The molecule has 1 heterocycles. The Morgan fingerprint density at radius 2 is 2.26 bits per heavy atom. The molecule has 1 fully saturated rings. The van der Waals surface area contributed by atoms with Gasteiger partial charge in [-0.3, -0.25) is 9.69 Å². The van der Waals surface area contributed by atoms with Crippen LogP contribution in [0.5, 0.6) is 0 Å². The van der Waals surface area contributed by atoms with Gasteiger partial charge >= 0.3 is 0 Å². The van der Waals surface area contributed by atoms with E-state index in [9.17, 15) is 10.1 Å². The van der Waals surface area contributed by atoms with Gasteiger partial charge < -0.3 is 10.6 Å². The zero-order valence-corrected chi connectivity index (χ0v) is 12.5. The maximum atomic E-state index is 12.0. The van der Waals surface area contributed by atoms with Crippen LogP contribution in [0.15, 0.2) is 0 Å². The number of carbonyl (C=O) groups is 1. The lowest BCUT2D eigenvalue weighted by atomic mass is 9.90. The Balaban J connectivity index is 2.42. The molecule has 1 rings (SSSR count). The maximum Gasteiger partial charge on any atom is 0.235 e. The van der Waals surface area contributed by atoms with Crippen molar-refractivity contribution in [1.82, 2.24) is 15.5 Å². The molecule has 19 heavy (non-hydrogen) atoms. The van der Waals surface area contributed by atoms with E-state index in [4.69, 9.17) is 0 Å². The Bertz CT molecular complexity index is 350. The van der Waals surface area contributed by atoms with Crippen molar-refractivity contribution in [2.75, 3.05) is 33.2 Å². The summed E-state index contributed by atoms with van der Waals surface area (Å²) in [6.07, 6.45) is 1.13. The Hall–Kier alpha value is -1.12. The van der Waals surface area contributed by atoms with Gasteiger partial charge in [0.05, 0.1) is 12.6 Å².